The quantitative estimate of drug-likeness (QED) is 0.634. The number of nitrogens with one attached hydrogen (secondary N) is 1. The minimum absolute atomic E-state index is 0.117. The van der Waals surface area contributed by atoms with Gasteiger partial charge in [-0.3, -0.25) is 14.3 Å². The summed E-state index contributed by atoms with van der Waals surface area (Å²) in [5.74, 6) is -0.999. The van der Waals surface area contributed by atoms with Crippen LogP contribution in [0.3, 0.4) is 0 Å². The van der Waals surface area contributed by atoms with Gasteiger partial charge in [-0.1, -0.05) is 23.7 Å². The molecule has 0 bridgehead atoms. The molecule has 160 valence electrons. The predicted octanol–water partition coefficient (Wildman–Crippen LogP) is 3.86. The molecule has 0 saturated heterocycles. The summed E-state index contributed by atoms with van der Waals surface area (Å²) in [5, 5.41) is 17.2. The second kappa shape index (κ2) is 7.50. The van der Waals surface area contributed by atoms with Crippen molar-refractivity contribution in [2.75, 3.05) is 5.32 Å². The molecule has 0 radical (unpaired) electrons. The maximum Gasteiger partial charge on any atom is 0.252 e. The Morgan fingerprint density at radius 3 is 2.59 bits per heavy atom. The molecule has 1 unspecified atom stereocenters. The van der Waals surface area contributed by atoms with Crippen molar-refractivity contribution >= 4 is 29.1 Å². The number of benzene rings is 2. The number of carbonyl (C=O) groups is 2. The van der Waals surface area contributed by atoms with Gasteiger partial charge < -0.3 is 11.1 Å². The van der Waals surface area contributed by atoms with Crippen LogP contribution < -0.4 is 11.1 Å². The van der Waals surface area contributed by atoms with E-state index in [9.17, 15) is 9.59 Å². The molecule has 1 aliphatic heterocycles. The highest BCUT2D eigenvalue weighted by Gasteiger charge is 2.53. The first-order valence-electron chi connectivity index (χ1n) is 10.4. The van der Waals surface area contributed by atoms with E-state index in [2.05, 4.69) is 11.4 Å². The number of hydrogen-bond donors (Lipinski definition) is 2. The molecule has 2 aromatic carbocycles. The summed E-state index contributed by atoms with van der Waals surface area (Å²) in [6, 6.07) is 16.0. The van der Waals surface area contributed by atoms with Gasteiger partial charge in [0.25, 0.3) is 5.91 Å². The van der Waals surface area contributed by atoms with Gasteiger partial charge >= 0.3 is 0 Å². The van der Waals surface area contributed by atoms with Gasteiger partial charge in [-0.25, -0.2) is 0 Å². The van der Waals surface area contributed by atoms with Gasteiger partial charge in [0.05, 0.1) is 28.4 Å². The summed E-state index contributed by atoms with van der Waals surface area (Å²) >= 11 is 6.16. The second-order valence-corrected chi connectivity index (χ2v) is 8.90. The number of carbonyl (C=O) groups excluding carboxylic acids is 2. The summed E-state index contributed by atoms with van der Waals surface area (Å²) in [6.07, 6.45) is 2.82. The van der Waals surface area contributed by atoms with Crippen molar-refractivity contribution < 1.29 is 9.59 Å². The number of nitriles is 1. The lowest BCUT2D eigenvalue weighted by Gasteiger charge is -2.30. The molecular weight excluding hydrogens is 426 g/mol. The molecule has 8 heteroatoms. The summed E-state index contributed by atoms with van der Waals surface area (Å²) in [5.41, 5.74) is 8.98. The van der Waals surface area contributed by atoms with E-state index in [0.29, 0.717) is 46.1 Å². The molecule has 2 amide bonds. The third-order valence-corrected chi connectivity index (χ3v) is 6.56. The van der Waals surface area contributed by atoms with Gasteiger partial charge in [0, 0.05) is 28.6 Å². The first kappa shape index (κ1) is 20.3. The zero-order valence-electron chi connectivity index (χ0n) is 17.1. The van der Waals surface area contributed by atoms with Crippen molar-refractivity contribution in [3.63, 3.8) is 0 Å². The fourth-order valence-electron chi connectivity index (χ4n) is 4.60. The lowest BCUT2D eigenvalue weighted by atomic mass is 9.87. The van der Waals surface area contributed by atoms with E-state index in [1.807, 2.05) is 16.8 Å². The Morgan fingerprint density at radius 2 is 1.97 bits per heavy atom. The summed E-state index contributed by atoms with van der Waals surface area (Å²) < 4.78 is 1.93. The molecule has 1 atom stereocenters. The van der Waals surface area contributed by atoms with Crippen molar-refractivity contribution in [2.24, 2.45) is 11.7 Å². The Kier molecular flexibility index (Phi) is 4.75. The third-order valence-electron chi connectivity index (χ3n) is 6.32. The molecule has 32 heavy (non-hydrogen) atoms. The normalized spacial score (nSPS) is 17.9. The Labute approximate surface area is 189 Å². The largest absolute Gasteiger partial charge is 0.365 e. The number of rotatable bonds is 4. The minimum Gasteiger partial charge on any atom is -0.365 e. The number of fused-ring (bicyclic) bond motifs is 2. The highest BCUT2D eigenvalue weighted by atomic mass is 35.5. The number of nitrogens with two attached hydrogens (primary N) is 1. The van der Waals surface area contributed by atoms with E-state index in [-0.39, 0.29) is 17.4 Å². The molecule has 1 fully saturated rings. The summed E-state index contributed by atoms with van der Waals surface area (Å²) in [4.78, 5) is 25.6. The summed E-state index contributed by atoms with van der Waals surface area (Å²) in [6.45, 7) is 0. The molecule has 3 aromatic rings. The number of aromatic nitrogens is 2. The van der Waals surface area contributed by atoms with Gasteiger partial charge in [-0.05, 0) is 55.7 Å². The molecule has 5 rings (SSSR count). The van der Waals surface area contributed by atoms with Crippen LogP contribution in [0.4, 0.5) is 5.69 Å². The fourth-order valence-corrected chi connectivity index (χ4v) is 4.79. The van der Waals surface area contributed by atoms with E-state index >= 15 is 0 Å². The van der Waals surface area contributed by atoms with E-state index in [1.165, 1.54) is 0 Å². The number of nitrogens with zero attached hydrogens (tertiary/aromatic N) is 3. The van der Waals surface area contributed by atoms with Crippen LogP contribution in [0.1, 0.15) is 40.9 Å². The van der Waals surface area contributed by atoms with E-state index < -0.39 is 5.91 Å². The zero-order valence-corrected chi connectivity index (χ0v) is 17.9. The molecular formula is C24H20ClN5O2. The van der Waals surface area contributed by atoms with E-state index in [4.69, 9.17) is 27.7 Å². The van der Waals surface area contributed by atoms with Crippen LogP contribution in [0.25, 0.3) is 11.3 Å². The van der Waals surface area contributed by atoms with Gasteiger partial charge in [0.1, 0.15) is 5.69 Å². The van der Waals surface area contributed by atoms with Gasteiger partial charge in [0.15, 0.2) is 0 Å². The van der Waals surface area contributed by atoms with Gasteiger partial charge in [0.2, 0.25) is 5.91 Å². The van der Waals surface area contributed by atoms with Crippen molar-refractivity contribution in [3.8, 4) is 17.3 Å². The van der Waals surface area contributed by atoms with Crippen molar-refractivity contribution in [2.45, 2.75) is 31.2 Å². The van der Waals surface area contributed by atoms with Crippen molar-refractivity contribution in [1.29, 1.82) is 5.26 Å². The van der Waals surface area contributed by atoms with E-state index in [0.717, 1.165) is 18.4 Å². The van der Waals surface area contributed by atoms with Crippen LogP contribution in [-0.2, 0) is 16.8 Å². The fraction of sp³-hybridized carbons (Fsp3) is 0.250. The number of halogens is 1. The zero-order chi connectivity index (χ0) is 22.5. The number of amides is 2. The van der Waals surface area contributed by atoms with Crippen LogP contribution in [0.2, 0.25) is 5.02 Å². The SMILES string of the molecule is N#Cc1ccc(NC(=O)C2Cc3c(C(N)=O)c(-c4cccc(Cl)c4)nn3C3(CC3)C2)cc1. The smallest absolute Gasteiger partial charge is 0.252 e. The van der Waals surface area contributed by atoms with Crippen LogP contribution in [-0.4, -0.2) is 21.6 Å². The molecule has 1 saturated carbocycles. The van der Waals surface area contributed by atoms with E-state index in [1.54, 1.807) is 36.4 Å². The lowest BCUT2D eigenvalue weighted by Crippen LogP contribution is -2.37. The number of primary amides is 1. The van der Waals surface area contributed by atoms with Gasteiger partial charge in [-0.15, -0.1) is 0 Å². The van der Waals surface area contributed by atoms with Crippen LogP contribution >= 0.6 is 11.6 Å². The van der Waals surface area contributed by atoms with Crippen molar-refractivity contribution in [3.05, 3.63) is 70.4 Å². The Morgan fingerprint density at radius 1 is 1.22 bits per heavy atom. The highest BCUT2D eigenvalue weighted by molar-refractivity contribution is 6.30. The predicted molar refractivity (Wildman–Crippen MR) is 120 cm³/mol. The Hall–Kier alpha value is -3.63. The molecule has 2 heterocycles. The molecule has 2 aliphatic rings. The highest BCUT2D eigenvalue weighted by Crippen LogP contribution is 2.53. The third kappa shape index (κ3) is 3.43. The van der Waals surface area contributed by atoms with Crippen LogP contribution in [0.15, 0.2) is 48.5 Å². The summed E-state index contributed by atoms with van der Waals surface area (Å²) in [7, 11) is 0. The number of anilines is 1. The van der Waals surface area contributed by atoms with Crippen LogP contribution in [0, 0.1) is 17.2 Å². The monoisotopic (exact) mass is 445 g/mol. The molecule has 1 aliphatic carbocycles. The topological polar surface area (TPSA) is 114 Å². The molecule has 1 aromatic heterocycles. The average Bonchev–Trinajstić information content (AvgIpc) is 3.42. The van der Waals surface area contributed by atoms with Crippen LogP contribution in [0.5, 0.6) is 0 Å². The maximum absolute atomic E-state index is 13.1. The maximum atomic E-state index is 13.1. The molecule has 1 spiro atoms. The first-order chi connectivity index (χ1) is 15.4. The first-order valence-corrected chi connectivity index (χ1v) is 10.8. The molecule has 3 N–H and O–H groups in total. The Bertz CT molecular complexity index is 1280. The lowest BCUT2D eigenvalue weighted by molar-refractivity contribution is -0.121. The standard InChI is InChI=1S/C24H20ClN5O2/c25-17-3-1-2-15(10-17)21-20(22(27)31)19-11-16(12-24(8-9-24)30(19)29-21)23(32)28-18-6-4-14(13-26)5-7-18/h1-7,10,16H,8-9,11-12H2,(H2,27,31)(H,28,32). The van der Waals surface area contributed by atoms with Crippen molar-refractivity contribution in [1.82, 2.24) is 9.78 Å². The Balaban J connectivity index is 1.50. The molecule has 7 nitrogen and oxygen atoms in total. The minimum atomic E-state index is -0.565. The second-order valence-electron chi connectivity index (χ2n) is 8.46. The van der Waals surface area contributed by atoms with Gasteiger partial charge in [-0.2, -0.15) is 10.4 Å². The number of hydrogen-bond acceptors (Lipinski definition) is 4. The average molecular weight is 446 g/mol.